The van der Waals surface area contributed by atoms with Crippen molar-refractivity contribution in [2.75, 3.05) is 12.4 Å². The summed E-state index contributed by atoms with van der Waals surface area (Å²) in [4.78, 5) is 29.5. The van der Waals surface area contributed by atoms with Gasteiger partial charge in [-0.05, 0) is 25.0 Å². The van der Waals surface area contributed by atoms with Crippen LogP contribution in [0.2, 0.25) is 0 Å². The lowest BCUT2D eigenvalue weighted by atomic mass is 10.2. The smallest absolute Gasteiger partial charge is 0.412 e. The second-order valence-corrected chi connectivity index (χ2v) is 5.45. The van der Waals surface area contributed by atoms with E-state index in [4.69, 9.17) is 0 Å². The molecule has 2 aromatic rings. The zero-order valence-electron chi connectivity index (χ0n) is 13.2. The van der Waals surface area contributed by atoms with E-state index in [1.165, 1.54) is 24.3 Å². The molecule has 1 aliphatic rings. The van der Waals surface area contributed by atoms with Crippen molar-refractivity contribution in [3.8, 4) is 5.69 Å². The number of ether oxygens (including phenoxy) is 1. The Morgan fingerprint density at radius 1 is 1.21 bits per heavy atom. The fourth-order valence-corrected chi connectivity index (χ4v) is 2.67. The second-order valence-electron chi connectivity index (χ2n) is 5.45. The average Bonchev–Trinajstić information content (AvgIpc) is 3.28. The van der Waals surface area contributed by atoms with Gasteiger partial charge in [-0.25, -0.2) is 9.78 Å². The summed E-state index contributed by atoms with van der Waals surface area (Å²) in [5.41, 5.74) is 0.581. The average molecular weight is 330 g/mol. The van der Waals surface area contributed by atoms with E-state index in [1.54, 1.807) is 12.1 Å². The Kier molecular flexibility index (Phi) is 4.69. The molecule has 1 fully saturated rings. The lowest BCUT2D eigenvalue weighted by Gasteiger charge is -2.14. The third-order valence-electron chi connectivity index (χ3n) is 3.83. The number of hydrogen-bond donors (Lipinski definition) is 2. The highest BCUT2D eigenvalue weighted by Crippen LogP contribution is 2.20. The van der Waals surface area contributed by atoms with Gasteiger partial charge in [0.2, 0.25) is 0 Å². The van der Waals surface area contributed by atoms with Gasteiger partial charge < -0.3 is 10.1 Å². The summed E-state index contributed by atoms with van der Waals surface area (Å²) < 4.78 is 4.54. The summed E-state index contributed by atoms with van der Waals surface area (Å²) in [5, 5.41) is 13.5. The number of carbonyl (C=O) groups is 2. The largest absolute Gasteiger partial charge is 0.453 e. The Labute approximate surface area is 138 Å². The van der Waals surface area contributed by atoms with Crippen LogP contribution in [0.1, 0.15) is 36.2 Å². The summed E-state index contributed by atoms with van der Waals surface area (Å²) in [6.07, 6.45) is 6.50. The number of aromatic nitrogens is 4. The Morgan fingerprint density at radius 3 is 2.58 bits per heavy atom. The molecular weight excluding hydrogens is 312 g/mol. The monoisotopic (exact) mass is 330 g/mol. The van der Waals surface area contributed by atoms with Gasteiger partial charge >= 0.3 is 6.09 Å². The summed E-state index contributed by atoms with van der Waals surface area (Å²) in [6.45, 7) is 0. The number of pyridine rings is 1. The number of hydrogen-bond acceptors (Lipinski definition) is 6. The molecule has 3 rings (SSSR count). The van der Waals surface area contributed by atoms with Gasteiger partial charge in [-0.2, -0.15) is 10.2 Å². The van der Waals surface area contributed by atoms with Gasteiger partial charge in [0.05, 0.1) is 19.5 Å². The van der Waals surface area contributed by atoms with Crippen LogP contribution >= 0.6 is 0 Å². The highest BCUT2D eigenvalue weighted by molar-refractivity contribution is 5.97. The Balaban J connectivity index is 1.90. The highest BCUT2D eigenvalue weighted by Gasteiger charge is 2.22. The molecule has 24 heavy (non-hydrogen) atoms. The quantitative estimate of drug-likeness (QED) is 0.879. The van der Waals surface area contributed by atoms with E-state index in [9.17, 15) is 9.59 Å². The third-order valence-corrected chi connectivity index (χ3v) is 3.83. The van der Waals surface area contributed by atoms with Crippen molar-refractivity contribution in [1.29, 1.82) is 0 Å². The van der Waals surface area contributed by atoms with E-state index >= 15 is 0 Å². The molecule has 0 spiro atoms. The first-order valence-corrected chi connectivity index (χ1v) is 7.71. The van der Waals surface area contributed by atoms with Crippen LogP contribution in [0, 0.1) is 0 Å². The number of amides is 2. The molecule has 0 saturated heterocycles. The minimum absolute atomic E-state index is 0.145. The molecule has 2 aromatic heterocycles. The van der Waals surface area contributed by atoms with Crippen LogP contribution in [0.4, 0.5) is 10.6 Å². The molecule has 2 N–H and O–H groups in total. The predicted octanol–water partition coefficient (Wildman–Crippen LogP) is 1.51. The first-order valence-electron chi connectivity index (χ1n) is 7.71. The van der Waals surface area contributed by atoms with Crippen LogP contribution in [0.5, 0.6) is 0 Å². The molecule has 2 amide bonds. The maximum Gasteiger partial charge on any atom is 0.412 e. The molecular formula is C15H18N6O3. The van der Waals surface area contributed by atoms with E-state index in [-0.39, 0.29) is 23.5 Å². The van der Waals surface area contributed by atoms with Gasteiger partial charge in [0.25, 0.3) is 5.91 Å². The summed E-state index contributed by atoms with van der Waals surface area (Å²) in [6, 6.07) is 3.33. The summed E-state index contributed by atoms with van der Waals surface area (Å²) in [7, 11) is 1.26. The van der Waals surface area contributed by atoms with E-state index in [0.29, 0.717) is 5.69 Å². The molecule has 0 unspecified atom stereocenters. The van der Waals surface area contributed by atoms with Crippen molar-refractivity contribution in [2.45, 2.75) is 31.7 Å². The lowest BCUT2D eigenvalue weighted by Crippen LogP contribution is -2.34. The van der Waals surface area contributed by atoms with Crippen molar-refractivity contribution in [2.24, 2.45) is 0 Å². The molecule has 2 heterocycles. The molecule has 0 radical (unpaired) electrons. The molecule has 1 aliphatic carbocycles. The van der Waals surface area contributed by atoms with Crippen LogP contribution in [-0.4, -0.2) is 45.1 Å². The number of nitrogens with one attached hydrogen (secondary N) is 2. The molecule has 0 bridgehead atoms. The number of rotatable bonds is 4. The maximum absolute atomic E-state index is 12.6. The van der Waals surface area contributed by atoms with Crippen LogP contribution < -0.4 is 10.6 Å². The van der Waals surface area contributed by atoms with Crippen molar-refractivity contribution in [1.82, 2.24) is 25.3 Å². The van der Waals surface area contributed by atoms with Gasteiger partial charge in [-0.3, -0.25) is 10.1 Å². The summed E-state index contributed by atoms with van der Waals surface area (Å²) >= 11 is 0. The first-order chi connectivity index (χ1) is 11.7. The molecule has 0 aromatic carbocycles. The van der Waals surface area contributed by atoms with Gasteiger partial charge in [0.1, 0.15) is 11.5 Å². The standard InChI is InChI=1S/C15H18N6O3/c1-24-15(23)20-12-7-6-11(21-16-8-9-17-21)13(19-12)14(22)18-10-4-2-3-5-10/h6-10H,2-5H2,1H3,(H,18,22)(H,19,20,23). The predicted molar refractivity (Wildman–Crippen MR) is 84.9 cm³/mol. The van der Waals surface area contributed by atoms with Gasteiger partial charge in [0.15, 0.2) is 5.69 Å². The normalized spacial score (nSPS) is 14.4. The third kappa shape index (κ3) is 3.50. The van der Waals surface area contributed by atoms with E-state index < -0.39 is 6.09 Å². The molecule has 1 saturated carbocycles. The Hall–Kier alpha value is -2.97. The molecule has 9 nitrogen and oxygen atoms in total. The topological polar surface area (TPSA) is 111 Å². The van der Waals surface area contributed by atoms with Gasteiger partial charge in [0, 0.05) is 6.04 Å². The van der Waals surface area contributed by atoms with E-state index in [2.05, 4.69) is 30.6 Å². The Morgan fingerprint density at radius 2 is 1.92 bits per heavy atom. The minimum Gasteiger partial charge on any atom is -0.453 e. The van der Waals surface area contributed by atoms with Crippen LogP contribution in [-0.2, 0) is 4.74 Å². The highest BCUT2D eigenvalue weighted by atomic mass is 16.5. The number of anilines is 1. The zero-order chi connectivity index (χ0) is 16.9. The van der Waals surface area contributed by atoms with Crippen LogP contribution in [0.3, 0.4) is 0 Å². The van der Waals surface area contributed by atoms with E-state index in [0.717, 1.165) is 25.7 Å². The number of methoxy groups -OCH3 is 1. The number of nitrogens with zero attached hydrogens (tertiary/aromatic N) is 4. The Bertz CT molecular complexity index is 725. The molecule has 9 heteroatoms. The van der Waals surface area contributed by atoms with E-state index in [1.807, 2.05) is 0 Å². The zero-order valence-corrected chi connectivity index (χ0v) is 13.2. The van der Waals surface area contributed by atoms with Crippen molar-refractivity contribution < 1.29 is 14.3 Å². The number of carbonyl (C=O) groups excluding carboxylic acids is 2. The second kappa shape index (κ2) is 7.07. The van der Waals surface area contributed by atoms with Crippen molar-refractivity contribution >= 4 is 17.8 Å². The summed E-state index contributed by atoms with van der Waals surface area (Å²) in [5.74, 6) is -0.1000. The fourth-order valence-electron chi connectivity index (χ4n) is 2.67. The minimum atomic E-state index is -0.658. The van der Waals surface area contributed by atoms with Gasteiger partial charge in [-0.15, -0.1) is 4.80 Å². The maximum atomic E-state index is 12.6. The van der Waals surface area contributed by atoms with Crippen LogP contribution in [0.15, 0.2) is 24.5 Å². The SMILES string of the molecule is COC(=O)Nc1ccc(-n2nccn2)c(C(=O)NC2CCCC2)n1. The molecule has 126 valence electrons. The lowest BCUT2D eigenvalue weighted by molar-refractivity contribution is 0.0932. The molecule has 0 aliphatic heterocycles. The van der Waals surface area contributed by atoms with Crippen LogP contribution in [0.25, 0.3) is 5.69 Å². The fraction of sp³-hybridized carbons (Fsp3) is 0.400. The van der Waals surface area contributed by atoms with Crippen molar-refractivity contribution in [3.63, 3.8) is 0 Å². The van der Waals surface area contributed by atoms with Gasteiger partial charge in [-0.1, -0.05) is 12.8 Å². The molecule has 0 atom stereocenters. The first kappa shape index (κ1) is 15.9. The van der Waals surface area contributed by atoms with Crippen molar-refractivity contribution in [3.05, 3.63) is 30.2 Å².